The second-order valence-corrected chi connectivity index (χ2v) is 5.60. The maximum atomic E-state index is 11.8. The van der Waals surface area contributed by atoms with Gasteiger partial charge in [-0.3, -0.25) is 9.79 Å². The van der Waals surface area contributed by atoms with Crippen LogP contribution in [0.2, 0.25) is 0 Å². The second-order valence-electron chi connectivity index (χ2n) is 5.17. The van der Waals surface area contributed by atoms with Gasteiger partial charge in [-0.1, -0.05) is 29.8 Å². The summed E-state index contributed by atoms with van der Waals surface area (Å²) in [5, 5.41) is 2.71. The van der Waals surface area contributed by atoms with E-state index >= 15 is 0 Å². The molecule has 1 heterocycles. The van der Waals surface area contributed by atoms with Crippen LogP contribution in [0.25, 0.3) is 5.57 Å². The Bertz CT molecular complexity index is 776. The van der Waals surface area contributed by atoms with E-state index < -0.39 is 0 Å². The maximum Gasteiger partial charge on any atom is 0.313 e. The van der Waals surface area contributed by atoms with Crippen molar-refractivity contribution in [3.05, 3.63) is 57.6 Å². The fourth-order valence-corrected chi connectivity index (χ4v) is 2.83. The van der Waals surface area contributed by atoms with Crippen molar-refractivity contribution in [2.24, 2.45) is 4.99 Å². The summed E-state index contributed by atoms with van der Waals surface area (Å²) in [4.78, 5) is 16.5. The van der Waals surface area contributed by atoms with E-state index in [0.717, 1.165) is 21.7 Å². The Morgan fingerprint density at radius 3 is 3.05 bits per heavy atom. The first kappa shape index (κ1) is 14.1. The SMILES string of the molecule is CCOC(=O)[C@@H](C)c1ccc2c(c1)=N[C@H]1C=CC(Cl)=CC=21. The predicted octanol–water partition coefficient (Wildman–Crippen LogP) is 2.20. The number of ether oxygens (including phenoxy) is 1. The normalized spacial score (nSPS) is 20.2. The average Bonchev–Trinajstić information content (AvgIpc) is 2.83. The molecule has 0 N–H and O–H groups in total. The molecule has 2 aliphatic rings. The van der Waals surface area contributed by atoms with E-state index in [1.165, 1.54) is 0 Å². The van der Waals surface area contributed by atoms with Crippen molar-refractivity contribution in [1.29, 1.82) is 0 Å². The van der Waals surface area contributed by atoms with Gasteiger partial charge in [-0.25, -0.2) is 0 Å². The van der Waals surface area contributed by atoms with E-state index in [4.69, 9.17) is 16.3 Å². The summed E-state index contributed by atoms with van der Waals surface area (Å²) in [5.41, 5.74) is 2.04. The van der Waals surface area contributed by atoms with Gasteiger partial charge >= 0.3 is 5.97 Å². The number of carbonyl (C=O) groups is 1. The van der Waals surface area contributed by atoms with Crippen LogP contribution < -0.4 is 10.6 Å². The molecule has 0 unspecified atom stereocenters. The van der Waals surface area contributed by atoms with Crippen molar-refractivity contribution in [3.8, 4) is 0 Å². The second kappa shape index (κ2) is 5.49. The zero-order valence-electron chi connectivity index (χ0n) is 12.0. The first-order chi connectivity index (χ1) is 10.1. The van der Waals surface area contributed by atoms with E-state index in [2.05, 4.69) is 4.99 Å². The Hall–Kier alpha value is -1.87. The van der Waals surface area contributed by atoms with Gasteiger partial charge in [-0.15, -0.1) is 0 Å². The molecule has 1 aliphatic heterocycles. The summed E-state index contributed by atoms with van der Waals surface area (Å²) in [6.07, 6.45) is 5.81. The fourth-order valence-electron chi connectivity index (χ4n) is 2.64. The zero-order chi connectivity index (χ0) is 15.0. The highest BCUT2D eigenvalue weighted by Gasteiger charge is 2.21. The lowest BCUT2D eigenvalue weighted by molar-refractivity contribution is -0.144. The fraction of sp³-hybridized carbons (Fsp3) is 0.294. The van der Waals surface area contributed by atoms with Crippen LogP contribution in [-0.2, 0) is 9.53 Å². The van der Waals surface area contributed by atoms with Gasteiger partial charge < -0.3 is 4.74 Å². The third-order valence-corrected chi connectivity index (χ3v) is 4.04. The molecule has 0 bridgehead atoms. The number of hydrogen-bond acceptors (Lipinski definition) is 3. The van der Waals surface area contributed by atoms with Gasteiger partial charge in [0.1, 0.15) is 0 Å². The van der Waals surface area contributed by atoms with Gasteiger partial charge in [-0.2, -0.15) is 0 Å². The topological polar surface area (TPSA) is 38.7 Å². The largest absolute Gasteiger partial charge is 0.466 e. The zero-order valence-corrected chi connectivity index (χ0v) is 12.7. The van der Waals surface area contributed by atoms with Gasteiger partial charge in [0.05, 0.1) is 23.9 Å². The van der Waals surface area contributed by atoms with Crippen LogP contribution in [0.15, 0.2) is 46.5 Å². The lowest BCUT2D eigenvalue weighted by Crippen LogP contribution is -2.25. The molecule has 0 aromatic heterocycles. The van der Waals surface area contributed by atoms with Gasteiger partial charge in [0, 0.05) is 10.3 Å². The van der Waals surface area contributed by atoms with Crippen molar-refractivity contribution in [1.82, 2.24) is 0 Å². The average molecular weight is 302 g/mol. The van der Waals surface area contributed by atoms with Crippen molar-refractivity contribution >= 4 is 23.1 Å². The number of allylic oxidation sites excluding steroid dienone is 2. The van der Waals surface area contributed by atoms with Crippen LogP contribution >= 0.6 is 11.6 Å². The number of nitrogens with zero attached hydrogens (tertiary/aromatic N) is 1. The molecule has 3 rings (SSSR count). The number of halogens is 1. The smallest absolute Gasteiger partial charge is 0.313 e. The Labute approximate surface area is 128 Å². The molecule has 1 aromatic rings. The molecule has 108 valence electrons. The predicted molar refractivity (Wildman–Crippen MR) is 82.5 cm³/mol. The molecule has 3 nitrogen and oxygen atoms in total. The van der Waals surface area contributed by atoms with Gasteiger partial charge in [0.25, 0.3) is 0 Å². The Balaban J connectivity index is 2.03. The summed E-state index contributed by atoms with van der Waals surface area (Å²) in [5.74, 6) is -0.490. The Morgan fingerprint density at radius 2 is 2.29 bits per heavy atom. The van der Waals surface area contributed by atoms with Crippen molar-refractivity contribution in [2.75, 3.05) is 6.61 Å². The van der Waals surface area contributed by atoms with Crippen LogP contribution in [0.4, 0.5) is 0 Å². The van der Waals surface area contributed by atoms with Gasteiger partial charge in [0.2, 0.25) is 0 Å². The van der Waals surface area contributed by atoms with Crippen LogP contribution in [-0.4, -0.2) is 18.6 Å². The molecule has 0 amide bonds. The van der Waals surface area contributed by atoms with Crippen LogP contribution in [0.1, 0.15) is 25.3 Å². The highest BCUT2D eigenvalue weighted by atomic mass is 35.5. The molecular weight excluding hydrogens is 286 g/mol. The van der Waals surface area contributed by atoms with E-state index in [1.807, 2.05) is 50.3 Å². The van der Waals surface area contributed by atoms with E-state index in [-0.39, 0.29) is 17.9 Å². The monoisotopic (exact) mass is 301 g/mol. The summed E-state index contributed by atoms with van der Waals surface area (Å²) in [7, 11) is 0. The number of carbonyl (C=O) groups excluding carboxylic acids is 1. The number of fused-ring (bicyclic) bond motifs is 2. The Kier molecular flexibility index (Phi) is 3.68. The molecule has 0 radical (unpaired) electrons. The molecule has 4 heteroatoms. The number of rotatable bonds is 3. The first-order valence-corrected chi connectivity index (χ1v) is 7.42. The van der Waals surface area contributed by atoms with Gasteiger partial charge in [0.15, 0.2) is 0 Å². The van der Waals surface area contributed by atoms with Crippen LogP contribution in [0, 0.1) is 0 Å². The van der Waals surface area contributed by atoms with E-state index in [0.29, 0.717) is 11.6 Å². The van der Waals surface area contributed by atoms with Crippen molar-refractivity contribution in [3.63, 3.8) is 0 Å². The maximum absolute atomic E-state index is 11.8. The van der Waals surface area contributed by atoms with E-state index in [9.17, 15) is 4.79 Å². The Morgan fingerprint density at radius 1 is 1.48 bits per heavy atom. The summed E-state index contributed by atoms with van der Waals surface area (Å²) < 4.78 is 5.07. The summed E-state index contributed by atoms with van der Waals surface area (Å²) in [6.45, 7) is 4.06. The number of hydrogen-bond donors (Lipinski definition) is 0. The molecule has 0 fully saturated rings. The quantitative estimate of drug-likeness (QED) is 0.803. The summed E-state index contributed by atoms with van der Waals surface area (Å²) in [6, 6.07) is 5.98. The van der Waals surface area contributed by atoms with Crippen molar-refractivity contribution in [2.45, 2.75) is 25.8 Å². The minimum absolute atomic E-state index is 0.0376. The molecule has 1 aliphatic carbocycles. The highest BCUT2D eigenvalue weighted by Crippen LogP contribution is 2.23. The van der Waals surface area contributed by atoms with Crippen LogP contribution in [0.5, 0.6) is 0 Å². The molecular formula is C17H16ClNO2. The standard InChI is InChI=1S/C17H16ClNO2/c1-3-21-17(20)10(2)11-4-6-13-14-9-12(18)5-7-15(14)19-16(13)8-11/h4-10,15H,3H2,1-2H3/t10-,15-/m0/s1. The molecule has 1 aromatic carbocycles. The lowest BCUT2D eigenvalue weighted by atomic mass is 9.98. The molecule has 0 saturated heterocycles. The molecule has 0 spiro atoms. The highest BCUT2D eigenvalue weighted by molar-refractivity contribution is 6.32. The molecule has 21 heavy (non-hydrogen) atoms. The first-order valence-electron chi connectivity index (χ1n) is 7.04. The van der Waals surface area contributed by atoms with Gasteiger partial charge in [-0.05, 0) is 43.2 Å². The molecule has 2 atom stereocenters. The third-order valence-electron chi connectivity index (χ3n) is 3.80. The third kappa shape index (κ3) is 2.54. The lowest BCUT2D eigenvalue weighted by Gasteiger charge is -2.10. The van der Waals surface area contributed by atoms with Crippen molar-refractivity contribution < 1.29 is 9.53 Å². The minimum atomic E-state index is -0.284. The minimum Gasteiger partial charge on any atom is -0.466 e. The number of benzene rings is 1. The number of esters is 1. The van der Waals surface area contributed by atoms with E-state index in [1.54, 1.807) is 0 Å². The van der Waals surface area contributed by atoms with Crippen LogP contribution in [0.3, 0.4) is 0 Å². The summed E-state index contributed by atoms with van der Waals surface area (Å²) >= 11 is 6.06. The molecule has 0 saturated carbocycles.